The van der Waals surface area contributed by atoms with E-state index in [1.807, 2.05) is 29.1 Å². The van der Waals surface area contributed by atoms with Crippen LogP contribution >= 0.6 is 0 Å². The molecule has 1 atom stereocenters. The number of para-hydroxylation sites is 1. The highest BCUT2D eigenvalue weighted by atomic mass is 16.7. The van der Waals surface area contributed by atoms with Gasteiger partial charge in [0.25, 0.3) is 0 Å². The molecule has 0 aliphatic carbocycles. The van der Waals surface area contributed by atoms with Gasteiger partial charge in [0.1, 0.15) is 0 Å². The van der Waals surface area contributed by atoms with Gasteiger partial charge in [0, 0.05) is 30.1 Å². The lowest BCUT2D eigenvalue weighted by atomic mass is 9.85. The molecule has 0 spiro atoms. The molecule has 1 aliphatic heterocycles. The van der Waals surface area contributed by atoms with Crippen molar-refractivity contribution < 1.29 is 14.3 Å². The van der Waals surface area contributed by atoms with E-state index in [2.05, 4.69) is 62.4 Å². The number of carbonyl (C=O) groups is 1. The van der Waals surface area contributed by atoms with Gasteiger partial charge in [0.05, 0.1) is 6.54 Å². The number of nitrogens with one attached hydrogen (secondary N) is 1. The second-order valence-electron chi connectivity index (χ2n) is 10.7. The molecule has 192 valence electrons. The minimum Gasteiger partial charge on any atom is -0.454 e. The van der Waals surface area contributed by atoms with Crippen molar-refractivity contribution in [3.05, 3.63) is 71.5 Å². The van der Waals surface area contributed by atoms with E-state index in [9.17, 15) is 4.79 Å². The summed E-state index contributed by atoms with van der Waals surface area (Å²) in [5, 5.41) is 7.59. The summed E-state index contributed by atoms with van der Waals surface area (Å²) in [5.74, 6) is 1.66. The van der Waals surface area contributed by atoms with Crippen LogP contribution in [0.5, 0.6) is 11.5 Å². The van der Waals surface area contributed by atoms with E-state index in [0.29, 0.717) is 13.0 Å². The predicted molar refractivity (Wildman–Crippen MR) is 144 cm³/mol. The summed E-state index contributed by atoms with van der Waals surface area (Å²) >= 11 is 0. The van der Waals surface area contributed by atoms with Gasteiger partial charge in [-0.1, -0.05) is 77.6 Å². The number of amides is 1. The van der Waals surface area contributed by atoms with Crippen molar-refractivity contribution in [2.24, 2.45) is 0 Å². The molecule has 2 heterocycles. The van der Waals surface area contributed by atoms with Gasteiger partial charge in [-0.25, -0.2) is 0 Å². The van der Waals surface area contributed by atoms with Gasteiger partial charge in [0.15, 0.2) is 11.5 Å². The monoisotopic (exact) mass is 489 g/mol. The van der Waals surface area contributed by atoms with Gasteiger partial charge in [-0.05, 0) is 47.1 Å². The Hall–Kier alpha value is -3.28. The molecule has 6 heteroatoms. The topological polar surface area (TPSA) is 65.4 Å². The average molecular weight is 490 g/mol. The molecule has 1 aromatic heterocycles. The normalized spacial score (nSPS) is 13.6. The van der Waals surface area contributed by atoms with Crippen LogP contribution in [0.25, 0.3) is 0 Å². The van der Waals surface area contributed by atoms with E-state index in [1.54, 1.807) is 6.20 Å². The van der Waals surface area contributed by atoms with Crippen molar-refractivity contribution in [2.45, 2.75) is 84.1 Å². The zero-order valence-electron chi connectivity index (χ0n) is 22.0. The fraction of sp³-hybridized carbons (Fsp3) is 0.467. The van der Waals surface area contributed by atoms with E-state index in [4.69, 9.17) is 9.47 Å². The third-order valence-corrected chi connectivity index (χ3v) is 6.77. The standard InChI is InChI=1S/C30H39N3O3/c1-5-6-7-8-11-23(24-12-9-13-27-29(24)36-21-35-27)19-28(34)32-26-18-22(20-33-17-10-16-31-33)14-15-25(26)30(2,3)4/h9-10,12-18,23H,5-8,11,19-21H2,1-4H3,(H,32,34). The minimum absolute atomic E-state index is 0.0220. The van der Waals surface area contributed by atoms with E-state index in [1.165, 1.54) is 19.3 Å². The molecular weight excluding hydrogens is 450 g/mol. The number of carbonyl (C=O) groups excluding carboxylic acids is 1. The Morgan fingerprint density at radius 1 is 1.11 bits per heavy atom. The zero-order valence-corrected chi connectivity index (χ0v) is 22.0. The number of hydrogen-bond acceptors (Lipinski definition) is 4. The second-order valence-corrected chi connectivity index (χ2v) is 10.7. The number of unbranched alkanes of at least 4 members (excludes halogenated alkanes) is 3. The van der Waals surface area contributed by atoms with Crippen molar-refractivity contribution in [3.8, 4) is 11.5 Å². The molecular formula is C30H39N3O3. The first-order valence-electron chi connectivity index (χ1n) is 13.1. The van der Waals surface area contributed by atoms with Crippen LogP contribution in [-0.2, 0) is 16.8 Å². The van der Waals surface area contributed by atoms with Crippen LogP contribution in [0.4, 0.5) is 5.69 Å². The number of nitrogens with zero attached hydrogens (tertiary/aromatic N) is 2. The van der Waals surface area contributed by atoms with Crippen LogP contribution in [0.1, 0.15) is 88.8 Å². The van der Waals surface area contributed by atoms with Gasteiger partial charge in [-0.15, -0.1) is 0 Å². The first-order valence-corrected chi connectivity index (χ1v) is 13.1. The van der Waals surface area contributed by atoms with Crippen molar-refractivity contribution in [1.29, 1.82) is 0 Å². The zero-order chi connectivity index (χ0) is 25.5. The number of benzene rings is 2. The lowest BCUT2D eigenvalue weighted by molar-refractivity contribution is -0.116. The Balaban J connectivity index is 1.55. The summed E-state index contributed by atoms with van der Waals surface area (Å²) in [6.45, 7) is 9.63. The molecule has 0 saturated carbocycles. The van der Waals surface area contributed by atoms with Crippen LogP contribution in [0.3, 0.4) is 0 Å². The Bertz CT molecular complexity index is 1150. The van der Waals surface area contributed by atoms with E-state index < -0.39 is 0 Å². The van der Waals surface area contributed by atoms with Gasteiger partial charge in [-0.3, -0.25) is 9.48 Å². The Kier molecular flexibility index (Phi) is 8.34. The van der Waals surface area contributed by atoms with Gasteiger partial charge < -0.3 is 14.8 Å². The third kappa shape index (κ3) is 6.48. The van der Waals surface area contributed by atoms with Crippen molar-refractivity contribution in [1.82, 2.24) is 9.78 Å². The number of ether oxygens (including phenoxy) is 2. The molecule has 1 amide bonds. The largest absolute Gasteiger partial charge is 0.454 e. The molecule has 6 nitrogen and oxygen atoms in total. The maximum Gasteiger partial charge on any atom is 0.231 e. The Morgan fingerprint density at radius 3 is 2.72 bits per heavy atom. The summed E-state index contributed by atoms with van der Waals surface area (Å²) < 4.78 is 13.3. The van der Waals surface area contributed by atoms with Gasteiger partial charge in [-0.2, -0.15) is 5.10 Å². The summed E-state index contributed by atoms with van der Waals surface area (Å²) in [4.78, 5) is 13.5. The SMILES string of the molecule is CCCCCCC(CC(=O)Nc1cc(Cn2cccn2)ccc1C(C)(C)C)c1cccc2c1OCO2. The minimum atomic E-state index is -0.0994. The number of aromatic nitrogens is 2. The highest BCUT2D eigenvalue weighted by Gasteiger charge is 2.26. The molecule has 0 bridgehead atoms. The Labute approximate surface area is 215 Å². The number of anilines is 1. The summed E-state index contributed by atoms with van der Waals surface area (Å²) in [6.07, 6.45) is 9.73. The molecule has 1 N–H and O–H groups in total. The number of rotatable bonds is 11. The maximum absolute atomic E-state index is 13.5. The fourth-order valence-electron chi connectivity index (χ4n) is 4.91. The first-order chi connectivity index (χ1) is 17.3. The predicted octanol–water partition coefficient (Wildman–Crippen LogP) is 7.04. The molecule has 2 aromatic carbocycles. The summed E-state index contributed by atoms with van der Waals surface area (Å²) in [7, 11) is 0. The molecule has 1 aliphatic rings. The number of fused-ring (bicyclic) bond motifs is 1. The lowest BCUT2D eigenvalue weighted by Gasteiger charge is -2.25. The van der Waals surface area contributed by atoms with Crippen LogP contribution in [0.2, 0.25) is 0 Å². The van der Waals surface area contributed by atoms with Crippen LogP contribution < -0.4 is 14.8 Å². The van der Waals surface area contributed by atoms with E-state index in [0.717, 1.165) is 46.7 Å². The molecule has 0 fully saturated rings. The Morgan fingerprint density at radius 2 is 1.97 bits per heavy atom. The lowest BCUT2D eigenvalue weighted by Crippen LogP contribution is -2.21. The quantitative estimate of drug-likeness (QED) is 0.293. The van der Waals surface area contributed by atoms with Crippen molar-refractivity contribution in [3.63, 3.8) is 0 Å². The molecule has 0 radical (unpaired) electrons. The molecule has 1 unspecified atom stereocenters. The highest BCUT2D eigenvalue weighted by Crippen LogP contribution is 2.42. The van der Waals surface area contributed by atoms with Gasteiger partial charge in [0.2, 0.25) is 12.7 Å². The number of hydrogen-bond donors (Lipinski definition) is 1. The highest BCUT2D eigenvalue weighted by molar-refractivity contribution is 5.92. The molecule has 36 heavy (non-hydrogen) atoms. The van der Waals surface area contributed by atoms with Gasteiger partial charge >= 0.3 is 0 Å². The van der Waals surface area contributed by atoms with Crippen molar-refractivity contribution >= 4 is 11.6 Å². The van der Waals surface area contributed by atoms with Crippen molar-refractivity contribution in [2.75, 3.05) is 12.1 Å². The molecule has 3 aromatic rings. The average Bonchev–Trinajstić information content (AvgIpc) is 3.52. The van der Waals surface area contributed by atoms with Crippen LogP contribution in [-0.4, -0.2) is 22.5 Å². The molecule has 4 rings (SSSR count). The van der Waals surface area contributed by atoms with E-state index in [-0.39, 0.29) is 24.0 Å². The maximum atomic E-state index is 13.5. The fourth-order valence-corrected chi connectivity index (χ4v) is 4.91. The second kappa shape index (κ2) is 11.6. The third-order valence-electron chi connectivity index (χ3n) is 6.77. The smallest absolute Gasteiger partial charge is 0.231 e. The van der Waals surface area contributed by atoms with Crippen LogP contribution in [0, 0.1) is 0 Å². The van der Waals surface area contributed by atoms with Crippen LogP contribution in [0.15, 0.2) is 54.9 Å². The van der Waals surface area contributed by atoms with E-state index >= 15 is 0 Å². The summed E-state index contributed by atoms with van der Waals surface area (Å²) in [6, 6.07) is 14.3. The molecule has 0 saturated heterocycles. The summed E-state index contributed by atoms with van der Waals surface area (Å²) in [5.41, 5.74) is 4.07. The first kappa shape index (κ1) is 25.8.